The number of nitrogens with one attached hydrogen (secondary N) is 2. The summed E-state index contributed by atoms with van der Waals surface area (Å²) in [5, 5.41) is 6.28. The van der Waals surface area contributed by atoms with Gasteiger partial charge < -0.3 is 10.1 Å². The molecule has 0 atom stereocenters. The van der Waals surface area contributed by atoms with Crippen molar-refractivity contribution in [2.75, 3.05) is 12.4 Å². The molecule has 4 aromatic rings. The quantitative estimate of drug-likeness (QED) is 0.448. The van der Waals surface area contributed by atoms with Crippen molar-refractivity contribution in [2.24, 2.45) is 0 Å². The Balaban J connectivity index is 1.54. The number of fused-ring (bicyclic) bond motifs is 1. The average molecular weight is 417 g/mol. The highest BCUT2D eigenvalue weighted by Gasteiger charge is 2.18. The molecule has 0 unspecified atom stereocenters. The third-order valence-electron chi connectivity index (χ3n) is 4.57. The molecule has 2 N–H and O–H groups in total. The molecule has 0 aliphatic rings. The van der Waals surface area contributed by atoms with Gasteiger partial charge in [0.05, 0.1) is 28.9 Å². The van der Waals surface area contributed by atoms with Gasteiger partial charge in [-0.15, -0.1) is 0 Å². The molecule has 0 fully saturated rings. The normalized spacial score (nSPS) is 10.7. The Morgan fingerprint density at radius 1 is 0.933 bits per heavy atom. The Hall–Kier alpha value is -3.71. The Morgan fingerprint density at radius 2 is 1.57 bits per heavy atom. The monoisotopic (exact) mass is 417 g/mol. The van der Waals surface area contributed by atoms with E-state index in [1.54, 1.807) is 18.2 Å². The maximum absolute atomic E-state index is 12.7. The molecule has 0 aliphatic carbocycles. The smallest absolute Gasteiger partial charge is 0.337 e. The molecule has 30 heavy (non-hydrogen) atoms. The average Bonchev–Trinajstić information content (AvgIpc) is 3.19. The summed E-state index contributed by atoms with van der Waals surface area (Å²) < 4.78 is 5.54. The number of aromatic nitrogens is 1. The molecule has 3 aromatic carbocycles. The van der Waals surface area contributed by atoms with Gasteiger partial charge in [0.1, 0.15) is 0 Å². The van der Waals surface area contributed by atoms with E-state index in [4.69, 9.17) is 4.74 Å². The molecule has 0 radical (unpaired) electrons. The molecule has 1 aromatic heterocycles. The molecule has 2 amide bonds. The molecular formula is C23H19N3O3S. The molecule has 0 bridgehead atoms. The van der Waals surface area contributed by atoms with Gasteiger partial charge >= 0.3 is 12.0 Å². The van der Waals surface area contributed by atoms with E-state index >= 15 is 0 Å². The highest BCUT2D eigenvalue weighted by Crippen LogP contribution is 2.27. The maximum atomic E-state index is 12.7. The maximum Gasteiger partial charge on any atom is 0.337 e. The Bertz CT molecular complexity index is 1140. The van der Waals surface area contributed by atoms with E-state index in [1.807, 2.05) is 60.7 Å². The van der Waals surface area contributed by atoms with Crippen LogP contribution in [0.4, 0.5) is 9.93 Å². The van der Waals surface area contributed by atoms with Crippen LogP contribution in [0.25, 0.3) is 10.2 Å². The molecule has 0 saturated carbocycles. The third-order valence-corrected chi connectivity index (χ3v) is 5.50. The van der Waals surface area contributed by atoms with E-state index in [-0.39, 0.29) is 12.1 Å². The van der Waals surface area contributed by atoms with Crippen LogP contribution in [0.3, 0.4) is 0 Å². The topological polar surface area (TPSA) is 80.3 Å². The summed E-state index contributed by atoms with van der Waals surface area (Å²) in [5.74, 6) is -0.411. The van der Waals surface area contributed by atoms with Gasteiger partial charge in [0.15, 0.2) is 5.13 Å². The van der Waals surface area contributed by atoms with Crippen LogP contribution in [-0.2, 0) is 4.74 Å². The van der Waals surface area contributed by atoms with Gasteiger partial charge in [-0.1, -0.05) is 72.0 Å². The number of rotatable bonds is 5. The fourth-order valence-corrected chi connectivity index (χ4v) is 4.04. The van der Waals surface area contributed by atoms with Crippen LogP contribution in [0.5, 0.6) is 0 Å². The highest BCUT2D eigenvalue weighted by molar-refractivity contribution is 7.22. The number of hydrogen-bond donors (Lipinski definition) is 2. The van der Waals surface area contributed by atoms with Crippen LogP contribution >= 0.6 is 11.3 Å². The summed E-state index contributed by atoms with van der Waals surface area (Å²) in [4.78, 5) is 28.9. The summed E-state index contributed by atoms with van der Waals surface area (Å²) in [5.41, 5.74) is 3.10. The first kappa shape index (κ1) is 19.6. The molecule has 6 nitrogen and oxygen atoms in total. The molecule has 150 valence electrons. The number of anilines is 1. The van der Waals surface area contributed by atoms with E-state index in [0.717, 1.165) is 15.8 Å². The van der Waals surface area contributed by atoms with Gasteiger partial charge in [-0.2, -0.15) is 0 Å². The molecule has 1 heterocycles. The second-order valence-electron chi connectivity index (χ2n) is 6.55. The number of carbonyl (C=O) groups excluding carboxylic acids is 2. The van der Waals surface area contributed by atoms with E-state index in [0.29, 0.717) is 16.2 Å². The van der Waals surface area contributed by atoms with Crippen molar-refractivity contribution in [1.29, 1.82) is 0 Å². The van der Waals surface area contributed by atoms with Crippen molar-refractivity contribution < 1.29 is 14.3 Å². The first-order chi connectivity index (χ1) is 14.6. The van der Waals surface area contributed by atoms with E-state index in [2.05, 4.69) is 15.6 Å². The van der Waals surface area contributed by atoms with Gasteiger partial charge in [-0.3, -0.25) is 5.32 Å². The number of amides is 2. The fraction of sp³-hybridized carbons (Fsp3) is 0.0870. The number of nitrogens with zero attached hydrogens (tertiary/aromatic N) is 1. The molecule has 0 aliphatic heterocycles. The van der Waals surface area contributed by atoms with Crippen molar-refractivity contribution in [3.63, 3.8) is 0 Å². The van der Waals surface area contributed by atoms with Gasteiger partial charge in [0.25, 0.3) is 0 Å². The fourth-order valence-electron chi connectivity index (χ4n) is 3.14. The number of urea groups is 1. The number of esters is 1. The minimum atomic E-state index is -0.411. The second kappa shape index (κ2) is 8.75. The third kappa shape index (κ3) is 4.31. The Morgan fingerprint density at radius 3 is 2.17 bits per heavy atom. The Kier molecular flexibility index (Phi) is 5.72. The zero-order valence-electron chi connectivity index (χ0n) is 16.2. The lowest BCUT2D eigenvalue weighted by Crippen LogP contribution is -2.33. The van der Waals surface area contributed by atoms with Gasteiger partial charge in [-0.25, -0.2) is 14.6 Å². The Labute approximate surface area is 177 Å². The lowest BCUT2D eigenvalue weighted by Gasteiger charge is -2.19. The minimum absolute atomic E-state index is 0.298. The zero-order chi connectivity index (χ0) is 20.9. The van der Waals surface area contributed by atoms with Crippen molar-refractivity contribution in [3.8, 4) is 0 Å². The van der Waals surface area contributed by atoms with Crippen molar-refractivity contribution in [1.82, 2.24) is 10.3 Å². The summed E-state index contributed by atoms with van der Waals surface area (Å²) in [6.45, 7) is 0. The summed E-state index contributed by atoms with van der Waals surface area (Å²) >= 11 is 1.30. The largest absolute Gasteiger partial charge is 0.465 e. The number of carbonyl (C=O) groups is 2. The van der Waals surface area contributed by atoms with Crippen LogP contribution in [0.2, 0.25) is 0 Å². The van der Waals surface area contributed by atoms with E-state index in [9.17, 15) is 9.59 Å². The zero-order valence-corrected chi connectivity index (χ0v) is 17.0. The van der Waals surface area contributed by atoms with Crippen LogP contribution in [-0.4, -0.2) is 24.1 Å². The molecule has 7 heteroatoms. The van der Waals surface area contributed by atoms with E-state index < -0.39 is 5.97 Å². The van der Waals surface area contributed by atoms with Crippen LogP contribution in [0.1, 0.15) is 27.5 Å². The first-order valence-electron chi connectivity index (χ1n) is 9.30. The molecule has 0 saturated heterocycles. The molecular weight excluding hydrogens is 398 g/mol. The summed E-state index contributed by atoms with van der Waals surface area (Å²) in [6.07, 6.45) is 0. The van der Waals surface area contributed by atoms with Crippen LogP contribution in [0, 0.1) is 0 Å². The molecule has 4 rings (SSSR count). The lowest BCUT2D eigenvalue weighted by atomic mass is 9.99. The summed E-state index contributed by atoms with van der Waals surface area (Å²) in [7, 11) is 1.34. The van der Waals surface area contributed by atoms with Gasteiger partial charge in [0, 0.05) is 0 Å². The SMILES string of the molecule is COC(=O)c1ccc2nc(NC(=O)NC(c3ccccc3)c3ccccc3)sc2c1. The predicted octanol–water partition coefficient (Wildman–Crippen LogP) is 4.99. The number of methoxy groups -OCH3 is 1. The number of hydrogen-bond acceptors (Lipinski definition) is 5. The van der Waals surface area contributed by atoms with Crippen molar-refractivity contribution in [2.45, 2.75) is 6.04 Å². The highest BCUT2D eigenvalue weighted by atomic mass is 32.1. The van der Waals surface area contributed by atoms with Crippen molar-refractivity contribution in [3.05, 3.63) is 95.6 Å². The van der Waals surface area contributed by atoms with Crippen LogP contribution < -0.4 is 10.6 Å². The standard InChI is InChI=1S/C23H19N3O3S/c1-29-21(27)17-12-13-18-19(14-17)30-23(24-18)26-22(28)25-20(15-8-4-2-5-9-15)16-10-6-3-7-11-16/h2-14,20H,1H3,(H2,24,25,26,28). The van der Waals surface area contributed by atoms with E-state index in [1.165, 1.54) is 18.4 Å². The second-order valence-corrected chi connectivity index (χ2v) is 7.58. The number of benzene rings is 3. The predicted molar refractivity (Wildman–Crippen MR) is 118 cm³/mol. The number of thiazole rings is 1. The lowest BCUT2D eigenvalue weighted by molar-refractivity contribution is 0.0601. The number of ether oxygens (including phenoxy) is 1. The van der Waals surface area contributed by atoms with Crippen molar-refractivity contribution >= 4 is 38.7 Å². The van der Waals surface area contributed by atoms with Crippen LogP contribution in [0.15, 0.2) is 78.9 Å². The first-order valence-corrected chi connectivity index (χ1v) is 10.1. The molecule has 0 spiro atoms. The summed E-state index contributed by atoms with van der Waals surface area (Å²) in [6, 6.07) is 24.0. The van der Waals surface area contributed by atoms with Gasteiger partial charge in [0.2, 0.25) is 0 Å². The van der Waals surface area contributed by atoms with Gasteiger partial charge in [-0.05, 0) is 29.3 Å². The minimum Gasteiger partial charge on any atom is -0.465 e.